The number of carbonyl (C=O) groups excluding carboxylic acids is 1. The van der Waals surface area contributed by atoms with Gasteiger partial charge in [0.15, 0.2) is 5.65 Å². The lowest BCUT2D eigenvalue weighted by Crippen LogP contribution is -1.97. The van der Waals surface area contributed by atoms with Gasteiger partial charge in [0, 0.05) is 42.4 Å². The molecule has 0 N–H and O–H groups in total. The number of carbonyl (C=O) groups is 1. The Bertz CT molecular complexity index is 969. The lowest BCUT2D eigenvalue weighted by Gasteiger charge is -2.05. The largest absolute Gasteiger partial charge is 0.300 e. The van der Waals surface area contributed by atoms with Gasteiger partial charge in [-0.25, -0.2) is 9.67 Å². The molecule has 0 radical (unpaired) electrons. The van der Waals surface area contributed by atoms with Crippen LogP contribution in [0.25, 0.3) is 22.3 Å². The highest BCUT2D eigenvalue weighted by atomic mass is 16.1. The monoisotopic (exact) mass is 304 g/mol. The van der Waals surface area contributed by atoms with Crippen LogP contribution in [0.2, 0.25) is 0 Å². The second-order valence-corrected chi connectivity index (χ2v) is 5.91. The van der Waals surface area contributed by atoms with E-state index in [1.165, 1.54) is 5.56 Å². The molecular weight excluding hydrogens is 288 g/mol. The highest BCUT2D eigenvalue weighted by Crippen LogP contribution is 2.32. The van der Waals surface area contributed by atoms with Gasteiger partial charge >= 0.3 is 0 Å². The summed E-state index contributed by atoms with van der Waals surface area (Å²) in [6, 6.07) is 8.22. The Morgan fingerprint density at radius 2 is 2.22 bits per heavy atom. The molecule has 0 spiro atoms. The number of nitrogens with zero attached hydrogens (tertiary/aromatic N) is 4. The Morgan fingerprint density at radius 1 is 1.35 bits per heavy atom. The number of pyridine rings is 1. The number of hydrogen-bond acceptors (Lipinski definition) is 4. The van der Waals surface area contributed by atoms with Crippen LogP contribution in [-0.4, -0.2) is 26.8 Å². The van der Waals surface area contributed by atoms with Crippen molar-refractivity contribution in [2.75, 3.05) is 0 Å². The Labute approximate surface area is 133 Å². The Balaban J connectivity index is 1.95. The lowest BCUT2D eigenvalue weighted by atomic mass is 9.99. The van der Waals surface area contributed by atoms with Crippen LogP contribution in [0.1, 0.15) is 23.6 Å². The number of aliphatic imine (C=N–C) groups is 1. The van der Waals surface area contributed by atoms with E-state index in [9.17, 15) is 4.79 Å². The topological polar surface area (TPSA) is 60.1 Å². The van der Waals surface area contributed by atoms with Crippen LogP contribution in [-0.2, 0) is 24.8 Å². The maximum absolute atomic E-state index is 11.4. The molecule has 114 valence electrons. The van der Waals surface area contributed by atoms with E-state index in [1.807, 2.05) is 25.4 Å². The molecule has 4 rings (SSSR count). The summed E-state index contributed by atoms with van der Waals surface area (Å²) in [6.07, 6.45) is 4.07. The Kier molecular flexibility index (Phi) is 3.08. The zero-order chi connectivity index (χ0) is 16.0. The van der Waals surface area contributed by atoms with Crippen LogP contribution in [0.4, 0.5) is 0 Å². The van der Waals surface area contributed by atoms with Crippen molar-refractivity contribution < 1.29 is 4.79 Å². The number of hydrogen-bond donors (Lipinski definition) is 0. The van der Waals surface area contributed by atoms with Gasteiger partial charge < -0.3 is 0 Å². The number of aromatic nitrogens is 3. The van der Waals surface area contributed by atoms with E-state index in [-0.39, 0.29) is 5.78 Å². The third-order valence-corrected chi connectivity index (χ3v) is 4.12. The molecule has 3 heterocycles. The van der Waals surface area contributed by atoms with Gasteiger partial charge in [-0.05, 0) is 24.1 Å². The summed E-state index contributed by atoms with van der Waals surface area (Å²) < 4.78 is 1.79. The van der Waals surface area contributed by atoms with Crippen molar-refractivity contribution in [2.45, 2.75) is 19.9 Å². The van der Waals surface area contributed by atoms with Crippen molar-refractivity contribution in [3.8, 4) is 11.3 Å². The van der Waals surface area contributed by atoms with Crippen molar-refractivity contribution >= 4 is 23.0 Å². The predicted octanol–water partition coefficient (Wildman–Crippen LogP) is 2.70. The first-order valence-corrected chi connectivity index (χ1v) is 7.56. The van der Waals surface area contributed by atoms with E-state index < -0.39 is 0 Å². The SMILES string of the molecule is CC(=O)Cc1cnc2c(c1)c(-c1cccc3c1C=NC3)nn2C. The molecule has 0 amide bonds. The van der Waals surface area contributed by atoms with Crippen molar-refractivity contribution in [1.82, 2.24) is 14.8 Å². The van der Waals surface area contributed by atoms with E-state index in [1.54, 1.807) is 17.8 Å². The van der Waals surface area contributed by atoms with Crippen LogP contribution < -0.4 is 0 Å². The highest BCUT2D eigenvalue weighted by Gasteiger charge is 2.18. The molecule has 0 aliphatic carbocycles. The molecule has 5 heteroatoms. The minimum Gasteiger partial charge on any atom is -0.300 e. The first-order chi connectivity index (χ1) is 11.1. The first kappa shape index (κ1) is 13.8. The van der Waals surface area contributed by atoms with E-state index in [0.29, 0.717) is 6.42 Å². The van der Waals surface area contributed by atoms with Gasteiger partial charge in [0.05, 0.1) is 6.54 Å². The maximum Gasteiger partial charge on any atom is 0.158 e. The van der Waals surface area contributed by atoms with E-state index in [0.717, 1.165) is 40.0 Å². The molecule has 23 heavy (non-hydrogen) atoms. The predicted molar refractivity (Wildman–Crippen MR) is 89.6 cm³/mol. The first-order valence-electron chi connectivity index (χ1n) is 7.56. The summed E-state index contributed by atoms with van der Waals surface area (Å²) in [7, 11) is 1.89. The quantitative estimate of drug-likeness (QED) is 0.747. The summed E-state index contributed by atoms with van der Waals surface area (Å²) >= 11 is 0. The zero-order valence-corrected chi connectivity index (χ0v) is 13.1. The molecule has 5 nitrogen and oxygen atoms in total. The Hall–Kier alpha value is -2.82. The molecule has 3 aromatic rings. The summed E-state index contributed by atoms with van der Waals surface area (Å²) in [4.78, 5) is 20.2. The lowest BCUT2D eigenvalue weighted by molar-refractivity contribution is -0.116. The summed E-state index contributed by atoms with van der Waals surface area (Å²) in [5.74, 6) is 0.129. The van der Waals surface area contributed by atoms with Gasteiger partial charge in [0.25, 0.3) is 0 Å². The average molecular weight is 304 g/mol. The fraction of sp³-hybridized carbons (Fsp3) is 0.222. The number of Topliss-reactive ketones (excluding diaryl/α,β-unsaturated/α-hetero) is 1. The Morgan fingerprint density at radius 3 is 3.04 bits per heavy atom. The number of aryl methyl sites for hydroxylation is 1. The molecule has 0 atom stereocenters. The van der Waals surface area contributed by atoms with Crippen molar-refractivity contribution in [3.63, 3.8) is 0 Å². The third kappa shape index (κ3) is 2.25. The van der Waals surface area contributed by atoms with Crippen molar-refractivity contribution in [2.24, 2.45) is 12.0 Å². The molecule has 0 saturated carbocycles. The average Bonchev–Trinajstić information content (AvgIpc) is 3.11. The maximum atomic E-state index is 11.4. The third-order valence-electron chi connectivity index (χ3n) is 4.12. The summed E-state index contributed by atoms with van der Waals surface area (Å²) in [5, 5.41) is 5.64. The molecule has 1 aliphatic rings. The van der Waals surface area contributed by atoms with Gasteiger partial charge in [0.2, 0.25) is 0 Å². The standard InChI is InChI=1S/C18H16N4O/c1-11(23)6-12-7-15-17(21-22(2)18(15)20-8-12)14-5-3-4-13-9-19-10-16(13)14/h3-5,7-8,10H,6,9H2,1-2H3. The highest BCUT2D eigenvalue weighted by molar-refractivity contribution is 6.00. The van der Waals surface area contributed by atoms with E-state index in [4.69, 9.17) is 0 Å². The van der Waals surface area contributed by atoms with Crippen LogP contribution >= 0.6 is 0 Å². The fourth-order valence-corrected chi connectivity index (χ4v) is 3.11. The number of ketones is 1. The normalized spacial score (nSPS) is 12.8. The van der Waals surface area contributed by atoms with E-state index in [2.05, 4.69) is 27.2 Å². The van der Waals surface area contributed by atoms with Gasteiger partial charge in [-0.15, -0.1) is 0 Å². The second-order valence-electron chi connectivity index (χ2n) is 5.91. The smallest absolute Gasteiger partial charge is 0.158 e. The molecule has 0 unspecified atom stereocenters. The van der Waals surface area contributed by atoms with Crippen molar-refractivity contribution in [1.29, 1.82) is 0 Å². The molecular formula is C18H16N4O. The zero-order valence-electron chi connectivity index (χ0n) is 13.1. The molecule has 2 aromatic heterocycles. The molecule has 0 bridgehead atoms. The number of rotatable bonds is 3. The van der Waals surface area contributed by atoms with Crippen LogP contribution in [0.5, 0.6) is 0 Å². The minimum atomic E-state index is 0.129. The fourth-order valence-electron chi connectivity index (χ4n) is 3.11. The van der Waals surface area contributed by atoms with Gasteiger partial charge in [0.1, 0.15) is 11.5 Å². The summed E-state index contributed by atoms with van der Waals surface area (Å²) in [6.45, 7) is 2.32. The van der Waals surface area contributed by atoms with Gasteiger partial charge in [-0.3, -0.25) is 9.79 Å². The number of benzene rings is 1. The van der Waals surface area contributed by atoms with E-state index >= 15 is 0 Å². The molecule has 0 saturated heterocycles. The van der Waals surface area contributed by atoms with Crippen LogP contribution in [0.3, 0.4) is 0 Å². The molecule has 1 aromatic carbocycles. The van der Waals surface area contributed by atoms with Crippen LogP contribution in [0.15, 0.2) is 35.5 Å². The molecule has 1 aliphatic heterocycles. The summed E-state index contributed by atoms with van der Waals surface area (Å²) in [5.41, 5.74) is 6.04. The minimum absolute atomic E-state index is 0.129. The molecule has 0 fully saturated rings. The number of fused-ring (bicyclic) bond motifs is 2. The second kappa shape index (κ2) is 5.12. The van der Waals surface area contributed by atoms with Gasteiger partial charge in [-0.2, -0.15) is 5.10 Å². The van der Waals surface area contributed by atoms with Gasteiger partial charge in [-0.1, -0.05) is 18.2 Å². The van der Waals surface area contributed by atoms with Crippen molar-refractivity contribution in [3.05, 3.63) is 47.2 Å². The van der Waals surface area contributed by atoms with Crippen LogP contribution in [0, 0.1) is 0 Å².